The van der Waals surface area contributed by atoms with Crippen molar-refractivity contribution in [3.63, 3.8) is 0 Å². The van der Waals surface area contributed by atoms with Gasteiger partial charge in [0.05, 0.1) is 17.2 Å². The highest BCUT2D eigenvalue weighted by Crippen LogP contribution is 2.26. The molecular formula is C20H28N4O. The number of hydrogen-bond acceptors (Lipinski definition) is 4. The Bertz CT molecular complexity index is 799. The summed E-state index contributed by atoms with van der Waals surface area (Å²) in [5.41, 5.74) is 2.04. The minimum atomic E-state index is 0.0533. The molecule has 1 saturated carbocycles. The molecule has 25 heavy (non-hydrogen) atoms. The van der Waals surface area contributed by atoms with Gasteiger partial charge >= 0.3 is 0 Å². The third-order valence-electron chi connectivity index (χ3n) is 5.84. The van der Waals surface area contributed by atoms with Crippen LogP contribution in [-0.4, -0.2) is 46.7 Å². The Balaban J connectivity index is 1.52. The van der Waals surface area contributed by atoms with Gasteiger partial charge in [-0.05, 0) is 44.9 Å². The Morgan fingerprint density at radius 1 is 1.08 bits per heavy atom. The number of piperazine rings is 1. The van der Waals surface area contributed by atoms with Crippen molar-refractivity contribution in [2.75, 3.05) is 31.1 Å². The van der Waals surface area contributed by atoms with Crippen LogP contribution in [0.2, 0.25) is 0 Å². The predicted molar refractivity (Wildman–Crippen MR) is 102 cm³/mol. The molecule has 134 valence electrons. The van der Waals surface area contributed by atoms with Crippen LogP contribution >= 0.6 is 0 Å². The predicted octanol–water partition coefficient (Wildman–Crippen LogP) is 3.04. The molecule has 2 aliphatic rings. The summed E-state index contributed by atoms with van der Waals surface area (Å²) in [6, 6.07) is 7.05. The lowest BCUT2D eigenvalue weighted by Crippen LogP contribution is -2.49. The van der Waals surface area contributed by atoms with Crippen LogP contribution in [0, 0.1) is 0 Å². The van der Waals surface area contributed by atoms with Crippen molar-refractivity contribution in [3.05, 3.63) is 34.9 Å². The first kappa shape index (κ1) is 16.6. The van der Waals surface area contributed by atoms with E-state index in [9.17, 15) is 4.79 Å². The van der Waals surface area contributed by atoms with Gasteiger partial charge < -0.3 is 4.90 Å². The van der Waals surface area contributed by atoms with Crippen LogP contribution in [0.25, 0.3) is 10.9 Å². The number of hydrogen-bond donors (Lipinski definition) is 0. The Labute approximate surface area is 149 Å². The summed E-state index contributed by atoms with van der Waals surface area (Å²) in [6.45, 7) is 8.42. The number of rotatable bonds is 3. The number of anilines is 1. The van der Waals surface area contributed by atoms with Gasteiger partial charge in [-0.2, -0.15) is 0 Å². The molecule has 2 aromatic rings. The van der Waals surface area contributed by atoms with Gasteiger partial charge in [0.15, 0.2) is 0 Å². The second-order valence-electron chi connectivity index (χ2n) is 7.71. The van der Waals surface area contributed by atoms with Gasteiger partial charge in [-0.25, -0.2) is 4.98 Å². The van der Waals surface area contributed by atoms with Gasteiger partial charge in [0, 0.05) is 44.0 Å². The minimum Gasteiger partial charge on any atom is -0.369 e. The number of aromatic nitrogens is 2. The highest BCUT2D eigenvalue weighted by molar-refractivity contribution is 5.81. The van der Waals surface area contributed by atoms with E-state index in [4.69, 9.17) is 0 Å². The van der Waals surface area contributed by atoms with E-state index < -0.39 is 0 Å². The highest BCUT2D eigenvalue weighted by Gasteiger charge is 2.26. The maximum absolute atomic E-state index is 12.6. The van der Waals surface area contributed by atoms with E-state index in [0.29, 0.717) is 5.39 Å². The summed E-state index contributed by atoms with van der Waals surface area (Å²) in [5.74, 6) is 0. The quantitative estimate of drug-likeness (QED) is 0.861. The van der Waals surface area contributed by atoms with Crippen LogP contribution in [0.5, 0.6) is 0 Å². The van der Waals surface area contributed by atoms with Crippen molar-refractivity contribution < 1.29 is 0 Å². The SMILES string of the molecule is CC(C)n1cnc2cc(N3CCN(C4CCCC4)CC3)ccc2c1=O. The molecule has 0 bridgehead atoms. The molecule has 1 aromatic carbocycles. The minimum absolute atomic E-state index is 0.0533. The van der Waals surface area contributed by atoms with Gasteiger partial charge in [-0.3, -0.25) is 14.3 Å². The molecule has 0 spiro atoms. The van der Waals surface area contributed by atoms with E-state index >= 15 is 0 Å². The van der Waals surface area contributed by atoms with Crippen molar-refractivity contribution >= 4 is 16.6 Å². The van der Waals surface area contributed by atoms with Gasteiger partial charge in [0.1, 0.15) is 0 Å². The summed E-state index contributed by atoms with van der Waals surface area (Å²) < 4.78 is 1.70. The molecule has 1 aliphatic heterocycles. The lowest BCUT2D eigenvalue weighted by molar-refractivity contribution is 0.187. The fourth-order valence-corrected chi connectivity index (χ4v) is 4.30. The van der Waals surface area contributed by atoms with Gasteiger partial charge in [0.2, 0.25) is 0 Å². The summed E-state index contributed by atoms with van der Waals surface area (Å²) in [6.07, 6.45) is 7.23. The highest BCUT2D eigenvalue weighted by atomic mass is 16.1. The molecule has 0 N–H and O–H groups in total. The summed E-state index contributed by atoms with van der Waals surface area (Å²) in [4.78, 5) is 22.2. The average Bonchev–Trinajstić information content (AvgIpc) is 3.16. The molecular weight excluding hydrogens is 312 g/mol. The van der Waals surface area contributed by atoms with Crippen molar-refractivity contribution in [1.29, 1.82) is 0 Å². The van der Waals surface area contributed by atoms with E-state index in [1.165, 1.54) is 31.4 Å². The zero-order valence-electron chi connectivity index (χ0n) is 15.3. The summed E-state index contributed by atoms with van der Waals surface area (Å²) in [5, 5.41) is 0.713. The standard InChI is InChI=1S/C20H28N4O/c1-15(2)24-14-21-19-13-17(7-8-18(19)20(24)25)23-11-9-22(10-12-23)16-5-3-4-6-16/h7-8,13-16H,3-6,9-12H2,1-2H3. The topological polar surface area (TPSA) is 41.4 Å². The lowest BCUT2D eigenvalue weighted by Gasteiger charge is -2.39. The maximum Gasteiger partial charge on any atom is 0.261 e. The Hall–Kier alpha value is -1.88. The fraction of sp³-hybridized carbons (Fsp3) is 0.600. The molecule has 0 atom stereocenters. The van der Waals surface area contributed by atoms with Crippen LogP contribution in [0.4, 0.5) is 5.69 Å². The Kier molecular flexibility index (Phi) is 4.50. The molecule has 2 fully saturated rings. The number of benzene rings is 1. The van der Waals surface area contributed by atoms with E-state index in [2.05, 4.69) is 26.9 Å². The molecule has 0 unspecified atom stereocenters. The Morgan fingerprint density at radius 3 is 2.48 bits per heavy atom. The third kappa shape index (κ3) is 3.17. The third-order valence-corrected chi connectivity index (χ3v) is 5.84. The molecule has 1 aromatic heterocycles. The van der Waals surface area contributed by atoms with E-state index in [1.54, 1.807) is 10.9 Å². The van der Waals surface area contributed by atoms with E-state index in [1.807, 2.05) is 19.9 Å². The molecule has 5 nitrogen and oxygen atoms in total. The number of fused-ring (bicyclic) bond motifs is 1. The van der Waals surface area contributed by atoms with Crippen LogP contribution in [-0.2, 0) is 0 Å². The number of nitrogens with zero attached hydrogens (tertiary/aromatic N) is 4. The van der Waals surface area contributed by atoms with Gasteiger partial charge in [-0.1, -0.05) is 12.8 Å². The van der Waals surface area contributed by atoms with Crippen molar-refractivity contribution in [1.82, 2.24) is 14.5 Å². The summed E-state index contributed by atoms with van der Waals surface area (Å²) in [7, 11) is 0. The normalized spacial score (nSPS) is 20.0. The van der Waals surface area contributed by atoms with Crippen LogP contribution in [0.3, 0.4) is 0 Å². The first-order chi connectivity index (χ1) is 12.1. The second-order valence-corrected chi connectivity index (χ2v) is 7.71. The summed E-state index contributed by atoms with van der Waals surface area (Å²) >= 11 is 0. The zero-order valence-corrected chi connectivity index (χ0v) is 15.3. The first-order valence-corrected chi connectivity index (χ1v) is 9.63. The lowest BCUT2D eigenvalue weighted by atomic mass is 10.1. The Morgan fingerprint density at radius 2 is 1.80 bits per heavy atom. The molecule has 5 heteroatoms. The van der Waals surface area contributed by atoms with Crippen LogP contribution in [0.1, 0.15) is 45.6 Å². The molecule has 0 radical (unpaired) electrons. The van der Waals surface area contributed by atoms with Gasteiger partial charge in [0.25, 0.3) is 5.56 Å². The fourth-order valence-electron chi connectivity index (χ4n) is 4.30. The largest absolute Gasteiger partial charge is 0.369 e. The van der Waals surface area contributed by atoms with Crippen molar-refractivity contribution in [2.45, 2.75) is 51.6 Å². The molecule has 1 saturated heterocycles. The van der Waals surface area contributed by atoms with Crippen molar-refractivity contribution in [2.24, 2.45) is 0 Å². The van der Waals surface area contributed by atoms with Crippen LogP contribution in [0.15, 0.2) is 29.3 Å². The molecule has 0 amide bonds. The second kappa shape index (κ2) is 6.79. The smallest absolute Gasteiger partial charge is 0.261 e. The first-order valence-electron chi connectivity index (χ1n) is 9.63. The van der Waals surface area contributed by atoms with Crippen molar-refractivity contribution in [3.8, 4) is 0 Å². The van der Waals surface area contributed by atoms with E-state index in [0.717, 1.165) is 37.7 Å². The van der Waals surface area contributed by atoms with Gasteiger partial charge in [-0.15, -0.1) is 0 Å². The molecule has 1 aliphatic carbocycles. The molecule has 4 rings (SSSR count). The van der Waals surface area contributed by atoms with Crippen LogP contribution < -0.4 is 10.5 Å². The maximum atomic E-state index is 12.6. The zero-order chi connectivity index (χ0) is 17.4. The monoisotopic (exact) mass is 340 g/mol. The average molecular weight is 340 g/mol. The molecule has 2 heterocycles. The van der Waals surface area contributed by atoms with E-state index in [-0.39, 0.29) is 11.6 Å².